The molecule has 4 heteroatoms. The molecule has 0 bridgehead atoms. The maximum absolute atomic E-state index is 11.6. The normalized spacial score (nSPS) is 16.6. The van der Waals surface area contributed by atoms with Gasteiger partial charge in [-0.2, -0.15) is 0 Å². The van der Waals surface area contributed by atoms with Crippen molar-refractivity contribution in [1.82, 2.24) is 5.32 Å². The molecule has 0 spiro atoms. The van der Waals surface area contributed by atoms with E-state index in [1.54, 1.807) is 6.08 Å². The number of aliphatic hydroxyl groups is 1. The molecule has 1 aliphatic rings. The van der Waals surface area contributed by atoms with Crippen molar-refractivity contribution in [3.63, 3.8) is 0 Å². The number of benzene rings is 1. The third kappa shape index (κ3) is 4.48. The number of amides is 1. The topological polar surface area (TPSA) is 49.3 Å². The van der Waals surface area contributed by atoms with Crippen molar-refractivity contribution in [3.8, 4) is 0 Å². The first-order valence-electron chi connectivity index (χ1n) is 6.46. The Morgan fingerprint density at radius 2 is 2.32 bits per heavy atom. The van der Waals surface area contributed by atoms with E-state index in [0.717, 1.165) is 22.9 Å². The van der Waals surface area contributed by atoms with Crippen LogP contribution < -0.4 is 5.32 Å². The Kier molecular flexibility index (Phi) is 4.77. The Labute approximate surface area is 121 Å². The number of rotatable bonds is 5. The van der Waals surface area contributed by atoms with Crippen LogP contribution in [-0.4, -0.2) is 23.7 Å². The molecule has 0 saturated heterocycles. The lowest BCUT2D eigenvalue weighted by Crippen LogP contribution is -2.31. The molecule has 1 saturated carbocycles. The quantitative estimate of drug-likeness (QED) is 0.818. The van der Waals surface area contributed by atoms with Crippen molar-refractivity contribution >= 4 is 27.9 Å². The fourth-order valence-electron chi connectivity index (χ4n) is 1.84. The minimum atomic E-state index is -0.400. The fourth-order valence-corrected chi connectivity index (χ4v) is 2.47. The average Bonchev–Trinajstić information content (AvgIpc) is 3.19. The molecule has 0 radical (unpaired) electrons. The first kappa shape index (κ1) is 14.3. The van der Waals surface area contributed by atoms with Crippen molar-refractivity contribution in [2.45, 2.75) is 25.9 Å². The van der Waals surface area contributed by atoms with Gasteiger partial charge in [0.05, 0.1) is 6.10 Å². The highest BCUT2D eigenvalue weighted by atomic mass is 79.9. The highest BCUT2D eigenvalue weighted by molar-refractivity contribution is 9.10. The van der Waals surface area contributed by atoms with Crippen LogP contribution in [0.2, 0.25) is 0 Å². The zero-order valence-corrected chi connectivity index (χ0v) is 12.5. The summed E-state index contributed by atoms with van der Waals surface area (Å²) in [7, 11) is 0. The van der Waals surface area contributed by atoms with Gasteiger partial charge in [0.1, 0.15) is 0 Å². The number of hydrogen-bond acceptors (Lipinski definition) is 2. The number of hydrogen-bond donors (Lipinski definition) is 2. The molecule has 0 aromatic heterocycles. The summed E-state index contributed by atoms with van der Waals surface area (Å²) in [5, 5.41) is 12.4. The molecule has 1 unspecified atom stereocenters. The summed E-state index contributed by atoms with van der Waals surface area (Å²) in [4.78, 5) is 11.6. The maximum Gasteiger partial charge on any atom is 0.244 e. The van der Waals surface area contributed by atoms with Crippen LogP contribution in [0.4, 0.5) is 0 Å². The summed E-state index contributed by atoms with van der Waals surface area (Å²) < 4.78 is 0.967. The van der Waals surface area contributed by atoms with E-state index >= 15 is 0 Å². The number of nitrogens with one attached hydrogen (secondary N) is 1. The molecule has 1 amide bonds. The van der Waals surface area contributed by atoms with Crippen LogP contribution in [0.3, 0.4) is 0 Å². The summed E-state index contributed by atoms with van der Waals surface area (Å²) in [6, 6.07) is 5.97. The summed E-state index contributed by atoms with van der Waals surface area (Å²) in [5.41, 5.74) is 2.13. The Hall–Kier alpha value is -1.13. The number of aryl methyl sites for hydroxylation is 1. The molecule has 2 N–H and O–H groups in total. The second kappa shape index (κ2) is 6.35. The predicted octanol–water partition coefficient (Wildman–Crippen LogP) is 2.66. The number of carbonyl (C=O) groups is 1. The Bertz CT molecular complexity index is 495. The van der Waals surface area contributed by atoms with E-state index in [2.05, 4.69) is 21.2 Å². The third-order valence-corrected chi connectivity index (χ3v) is 3.91. The first-order chi connectivity index (χ1) is 9.06. The van der Waals surface area contributed by atoms with Crippen LogP contribution in [0, 0.1) is 12.8 Å². The van der Waals surface area contributed by atoms with Gasteiger partial charge in [-0.3, -0.25) is 4.79 Å². The highest BCUT2D eigenvalue weighted by Crippen LogP contribution is 2.32. The summed E-state index contributed by atoms with van der Waals surface area (Å²) in [6.07, 6.45) is 5.01. The third-order valence-electron chi connectivity index (χ3n) is 3.22. The summed E-state index contributed by atoms with van der Waals surface area (Å²) in [6.45, 7) is 2.35. The number of halogens is 1. The van der Waals surface area contributed by atoms with Crippen molar-refractivity contribution in [1.29, 1.82) is 0 Å². The van der Waals surface area contributed by atoms with Crippen LogP contribution in [0.5, 0.6) is 0 Å². The van der Waals surface area contributed by atoms with Gasteiger partial charge >= 0.3 is 0 Å². The SMILES string of the molecule is Cc1ccc(C=CC(=O)NCC(O)C2CC2)c(Br)c1. The van der Waals surface area contributed by atoms with E-state index in [9.17, 15) is 9.90 Å². The summed E-state index contributed by atoms with van der Waals surface area (Å²) in [5.74, 6) is 0.211. The Morgan fingerprint density at radius 1 is 1.58 bits per heavy atom. The zero-order valence-electron chi connectivity index (χ0n) is 10.9. The van der Waals surface area contributed by atoms with Crippen molar-refractivity contribution in [2.75, 3.05) is 6.54 Å². The van der Waals surface area contributed by atoms with E-state index in [1.165, 1.54) is 11.6 Å². The molecule has 102 valence electrons. The van der Waals surface area contributed by atoms with E-state index in [-0.39, 0.29) is 5.91 Å². The van der Waals surface area contributed by atoms with Gasteiger partial charge in [-0.25, -0.2) is 0 Å². The van der Waals surface area contributed by atoms with Gasteiger partial charge in [0.2, 0.25) is 5.91 Å². The van der Waals surface area contributed by atoms with E-state index < -0.39 is 6.10 Å². The molecular formula is C15H18BrNO2. The van der Waals surface area contributed by atoms with Crippen molar-refractivity contribution < 1.29 is 9.90 Å². The van der Waals surface area contributed by atoms with Crippen LogP contribution in [-0.2, 0) is 4.79 Å². The highest BCUT2D eigenvalue weighted by Gasteiger charge is 2.29. The van der Waals surface area contributed by atoms with Gasteiger partial charge in [0.15, 0.2) is 0 Å². The van der Waals surface area contributed by atoms with E-state index in [1.807, 2.05) is 25.1 Å². The smallest absolute Gasteiger partial charge is 0.244 e. The Morgan fingerprint density at radius 3 is 2.95 bits per heavy atom. The molecule has 1 aromatic rings. The average molecular weight is 324 g/mol. The first-order valence-corrected chi connectivity index (χ1v) is 7.25. The number of aliphatic hydroxyl groups excluding tert-OH is 1. The summed E-state index contributed by atoms with van der Waals surface area (Å²) >= 11 is 3.46. The van der Waals surface area contributed by atoms with Gasteiger partial charge < -0.3 is 10.4 Å². The van der Waals surface area contributed by atoms with Gasteiger partial charge in [-0.1, -0.05) is 28.1 Å². The Balaban J connectivity index is 1.85. The fraction of sp³-hybridized carbons (Fsp3) is 0.400. The molecule has 0 aliphatic heterocycles. The second-order valence-electron chi connectivity index (χ2n) is 5.01. The minimum Gasteiger partial charge on any atom is -0.391 e. The predicted molar refractivity (Wildman–Crippen MR) is 79.7 cm³/mol. The van der Waals surface area contributed by atoms with Gasteiger partial charge in [-0.05, 0) is 49.0 Å². The van der Waals surface area contributed by atoms with Crippen molar-refractivity contribution in [3.05, 3.63) is 39.9 Å². The largest absolute Gasteiger partial charge is 0.391 e. The van der Waals surface area contributed by atoms with Crippen LogP contribution in [0.15, 0.2) is 28.7 Å². The molecule has 3 nitrogen and oxygen atoms in total. The van der Waals surface area contributed by atoms with Crippen LogP contribution in [0.1, 0.15) is 24.0 Å². The molecule has 1 aliphatic carbocycles. The van der Waals surface area contributed by atoms with Crippen molar-refractivity contribution in [2.24, 2.45) is 5.92 Å². The minimum absolute atomic E-state index is 0.174. The monoisotopic (exact) mass is 323 g/mol. The van der Waals surface area contributed by atoms with Gasteiger partial charge in [0, 0.05) is 17.1 Å². The molecule has 1 atom stereocenters. The molecule has 0 heterocycles. The van der Waals surface area contributed by atoms with Crippen LogP contribution in [0.25, 0.3) is 6.08 Å². The van der Waals surface area contributed by atoms with Gasteiger partial charge in [0.25, 0.3) is 0 Å². The lowest BCUT2D eigenvalue weighted by atomic mass is 10.1. The molecule has 1 fully saturated rings. The molecule has 19 heavy (non-hydrogen) atoms. The van der Waals surface area contributed by atoms with Crippen LogP contribution >= 0.6 is 15.9 Å². The zero-order chi connectivity index (χ0) is 13.8. The van der Waals surface area contributed by atoms with Gasteiger partial charge in [-0.15, -0.1) is 0 Å². The lowest BCUT2D eigenvalue weighted by Gasteiger charge is -2.08. The molecular weight excluding hydrogens is 306 g/mol. The number of carbonyl (C=O) groups excluding carboxylic acids is 1. The second-order valence-corrected chi connectivity index (χ2v) is 5.86. The molecule has 2 rings (SSSR count). The standard InChI is InChI=1S/C15H18BrNO2/c1-10-2-3-11(13(16)8-10)6-7-15(19)17-9-14(18)12-4-5-12/h2-3,6-8,12,14,18H,4-5,9H2,1H3,(H,17,19). The van der Waals surface area contributed by atoms with E-state index in [4.69, 9.17) is 0 Å². The van der Waals surface area contributed by atoms with E-state index in [0.29, 0.717) is 12.5 Å². The maximum atomic E-state index is 11.6. The molecule has 1 aromatic carbocycles. The lowest BCUT2D eigenvalue weighted by molar-refractivity contribution is -0.116.